The van der Waals surface area contributed by atoms with Gasteiger partial charge in [0, 0.05) is 23.6 Å². The highest BCUT2D eigenvalue weighted by molar-refractivity contribution is 5.99. The Morgan fingerprint density at radius 2 is 1.57 bits per heavy atom. The quantitative estimate of drug-likeness (QED) is 0.371. The second-order valence-electron chi connectivity index (χ2n) is 11.1. The number of hydrogen-bond donors (Lipinski definition) is 2. The Morgan fingerprint density at radius 3 is 2.15 bits per heavy atom. The molecule has 2 amide bonds. The SMILES string of the molecule is CC(C)(C)OC(=O)N[C@@H](Cc1cccc(-n2c(C(N)=O)cc3ccc(OC(F)(F)F)cc32)c1)C(=O)OC(C)(C)C. The maximum absolute atomic E-state index is 13.0. The summed E-state index contributed by atoms with van der Waals surface area (Å²) < 4.78 is 54.8. The van der Waals surface area contributed by atoms with Crippen LogP contribution >= 0.6 is 0 Å². The van der Waals surface area contributed by atoms with Crippen molar-refractivity contribution in [3.63, 3.8) is 0 Å². The number of rotatable bonds is 7. The fourth-order valence-corrected chi connectivity index (χ4v) is 3.91. The van der Waals surface area contributed by atoms with Gasteiger partial charge >= 0.3 is 18.4 Å². The van der Waals surface area contributed by atoms with Crippen LogP contribution in [0.25, 0.3) is 16.6 Å². The number of ether oxygens (including phenoxy) is 3. The van der Waals surface area contributed by atoms with Gasteiger partial charge in [-0.25, -0.2) is 9.59 Å². The molecule has 1 aromatic heterocycles. The first-order chi connectivity index (χ1) is 18.3. The van der Waals surface area contributed by atoms with E-state index in [1.54, 1.807) is 65.8 Å². The van der Waals surface area contributed by atoms with Crippen molar-refractivity contribution in [2.75, 3.05) is 0 Å². The Balaban J connectivity index is 2.03. The van der Waals surface area contributed by atoms with Gasteiger partial charge in [-0.1, -0.05) is 12.1 Å². The number of nitrogens with two attached hydrogens (primary N) is 1. The summed E-state index contributed by atoms with van der Waals surface area (Å²) in [5.41, 5.74) is 5.13. The van der Waals surface area contributed by atoms with Crippen LogP contribution in [0.15, 0.2) is 48.5 Å². The number of carbonyl (C=O) groups excluding carboxylic acids is 3. The number of fused-ring (bicyclic) bond motifs is 1. The number of alkyl carbamates (subject to hydrolysis) is 1. The molecule has 40 heavy (non-hydrogen) atoms. The van der Waals surface area contributed by atoms with Gasteiger partial charge in [0.15, 0.2) is 0 Å². The highest BCUT2D eigenvalue weighted by Crippen LogP contribution is 2.31. The van der Waals surface area contributed by atoms with E-state index >= 15 is 0 Å². The summed E-state index contributed by atoms with van der Waals surface area (Å²) in [4.78, 5) is 37.7. The van der Waals surface area contributed by atoms with Gasteiger partial charge in [-0.2, -0.15) is 0 Å². The standard InChI is InChI=1S/C28H32F3N3O6/c1-26(2,3)39-24(36)20(33-25(37)40-27(4,5)6)13-16-8-7-9-18(12-16)34-21-15-19(38-28(29,30)31)11-10-17(21)14-22(34)23(32)35/h7-12,14-15,20H,13H2,1-6H3,(H2,32,35)(H,33,37)/t20-/m0/s1. The molecule has 0 radical (unpaired) electrons. The van der Waals surface area contributed by atoms with E-state index in [9.17, 15) is 27.6 Å². The second kappa shape index (κ2) is 11.1. The maximum Gasteiger partial charge on any atom is 0.573 e. The smallest absolute Gasteiger partial charge is 0.458 e. The van der Waals surface area contributed by atoms with Gasteiger partial charge in [0.2, 0.25) is 0 Å². The van der Waals surface area contributed by atoms with Gasteiger partial charge in [0.05, 0.1) is 5.52 Å². The Morgan fingerprint density at radius 1 is 0.925 bits per heavy atom. The van der Waals surface area contributed by atoms with Crippen molar-refractivity contribution in [3.8, 4) is 11.4 Å². The molecule has 1 atom stereocenters. The third-order valence-electron chi connectivity index (χ3n) is 5.25. The molecule has 216 valence electrons. The lowest BCUT2D eigenvalue weighted by Gasteiger charge is -2.26. The van der Waals surface area contributed by atoms with Crippen molar-refractivity contribution >= 4 is 28.9 Å². The van der Waals surface area contributed by atoms with Crippen LogP contribution in [0.3, 0.4) is 0 Å². The molecule has 3 rings (SSSR count). The molecule has 0 aliphatic carbocycles. The van der Waals surface area contributed by atoms with E-state index in [0.717, 1.165) is 12.1 Å². The molecular weight excluding hydrogens is 531 g/mol. The van der Waals surface area contributed by atoms with E-state index in [-0.39, 0.29) is 17.6 Å². The maximum atomic E-state index is 13.0. The molecule has 1 heterocycles. The van der Waals surface area contributed by atoms with Gasteiger partial charge in [-0.15, -0.1) is 13.2 Å². The number of hydrogen-bond acceptors (Lipinski definition) is 6. The molecule has 0 saturated carbocycles. The number of aromatic nitrogens is 1. The molecule has 12 heteroatoms. The van der Waals surface area contributed by atoms with Crippen molar-refractivity contribution in [2.24, 2.45) is 5.73 Å². The van der Waals surface area contributed by atoms with Crippen LogP contribution in [0.1, 0.15) is 57.6 Å². The van der Waals surface area contributed by atoms with Gasteiger partial charge < -0.3 is 29.8 Å². The predicted molar refractivity (Wildman–Crippen MR) is 141 cm³/mol. The monoisotopic (exact) mass is 563 g/mol. The summed E-state index contributed by atoms with van der Waals surface area (Å²) in [6.07, 6.45) is -5.74. The van der Waals surface area contributed by atoms with E-state index in [1.807, 2.05) is 0 Å². The fourth-order valence-electron chi connectivity index (χ4n) is 3.91. The minimum atomic E-state index is -4.91. The predicted octanol–water partition coefficient (Wildman–Crippen LogP) is 5.41. The zero-order chi connectivity index (χ0) is 30.0. The molecule has 2 aromatic carbocycles. The summed E-state index contributed by atoms with van der Waals surface area (Å²) in [7, 11) is 0. The molecule has 0 bridgehead atoms. The normalized spacial score (nSPS) is 13.0. The number of halogens is 3. The van der Waals surface area contributed by atoms with Crippen molar-refractivity contribution in [2.45, 2.75) is 71.6 Å². The van der Waals surface area contributed by atoms with E-state index in [4.69, 9.17) is 15.2 Å². The van der Waals surface area contributed by atoms with Crippen molar-refractivity contribution < 1.29 is 41.8 Å². The first-order valence-electron chi connectivity index (χ1n) is 12.3. The van der Waals surface area contributed by atoms with Crippen LogP contribution in [0, 0.1) is 0 Å². The Kier molecular flexibility index (Phi) is 8.42. The molecule has 0 fully saturated rings. The highest BCUT2D eigenvalue weighted by atomic mass is 19.4. The topological polar surface area (TPSA) is 122 Å². The van der Waals surface area contributed by atoms with Crippen molar-refractivity contribution in [3.05, 3.63) is 59.8 Å². The van der Waals surface area contributed by atoms with Gasteiger partial charge in [0.25, 0.3) is 5.91 Å². The van der Waals surface area contributed by atoms with Crippen LogP contribution < -0.4 is 15.8 Å². The van der Waals surface area contributed by atoms with Crippen molar-refractivity contribution in [1.82, 2.24) is 9.88 Å². The molecule has 9 nitrogen and oxygen atoms in total. The summed E-state index contributed by atoms with van der Waals surface area (Å²) >= 11 is 0. The van der Waals surface area contributed by atoms with Gasteiger partial charge in [-0.05, 0) is 77.4 Å². The van der Waals surface area contributed by atoms with Gasteiger partial charge in [0.1, 0.15) is 28.7 Å². The molecule has 0 spiro atoms. The molecular formula is C28H32F3N3O6. The number of alkyl halides is 3. The largest absolute Gasteiger partial charge is 0.573 e. The molecule has 3 aromatic rings. The average Bonchev–Trinajstić information content (AvgIpc) is 3.14. The third-order valence-corrected chi connectivity index (χ3v) is 5.25. The number of carbonyl (C=O) groups is 3. The lowest BCUT2D eigenvalue weighted by Crippen LogP contribution is -2.47. The summed E-state index contributed by atoms with van der Waals surface area (Å²) in [6.45, 7) is 10.1. The first kappa shape index (κ1) is 30.3. The van der Waals surface area contributed by atoms with E-state index in [2.05, 4.69) is 10.1 Å². The molecule has 0 saturated heterocycles. The van der Waals surface area contributed by atoms with E-state index in [0.29, 0.717) is 16.6 Å². The average molecular weight is 564 g/mol. The number of nitrogens with zero attached hydrogens (tertiary/aromatic N) is 1. The van der Waals surface area contributed by atoms with Crippen molar-refractivity contribution in [1.29, 1.82) is 0 Å². The Labute approximate surface area is 229 Å². The molecule has 0 unspecified atom stereocenters. The number of primary amides is 1. The summed E-state index contributed by atoms with van der Waals surface area (Å²) in [5, 5.41) is 3.00. The minimum Gasteiger partial charge on any atom is -0.458 e. The zero-order valence-corrected chi connectivity index (χ0v) is 23.0. The molecule has 3 N–H and O–H groups in total. The Bertz CT molecular complexity index is 1420. The second-order valence-corrected chi connectivity index (χ2v) is 11.1. The van der Waals surface area contributed by atoms with Gasteiger partial charge in [-0.3, -0.25) is 4.79 Å². The number of esters is 1. The molecule has 0 aliphatic rings. The fraction of sp³-hybridized carbons (Fsp3) is 0.393. The van der Waals surface area contributed by atoms with Crippen LogP contribution in [-0.2, 0) is 20.7 Å². The third kappa shape index (κ3) is 8.39. The van der Waals surface area contributed by atoms with Crippen LogP contribution in [0.5, 0.6) is 5.75 Å². The number of amides is 2. The Hall–Kier alpha value is -4.22. The summed E-state index contributed by atoms with van der Waals surface area (Å²) in [5.74, 6) is -1.97. The van der Waals surface area contributed by atoms with E-state index in [1.165, 1.54) is 16.7 Å². The number of benzene rings is 2. The van der Waals surface area contributed by atoms with Crippen LogP contribution in [0.2, 0.25) is 0 Å². The van der Waals surface area contributed by atoms with Crippen LogP contribution in [-0.4, -0.2) is 46.1 Å². The zero-order valence-electron chi connectivity index (χ0n) is 23.0. The lowest BCUT2D eigenvalue weighted by molar-refractivity contribution is -0.274. The lowest BCUT2D eigenvalue weighted by atomic mass is 10.0. The minimum absolute atomic E-state index is 0.0183. The first-order valence-corrected chi connectivity index (χ1v) is 12.3. The molecule has 0 aliphatic heterocycles. The van der Waals surface area contributed by atoms with E-state index < -0.39 is 47.3 Å². The highest BCUT2D eigenvalue weighted by Gasteiger charge is 2.32. The number of nitrogens with one attached hydrogen (secondary N) is 1. The van der Waals surface area contributed by atoms with Crippen LogP contribution in [0.4, 0.5) is 18.0 Å². The summed E-state index contributed by atoms with van der Waals surface area (Å²) in [6, 6.07) is 10.6.